The molecule has 0 aromatic heterocycles. The van der Waals surface area contributed by atoms with Crippen LogP contribution in [0.4, 0.5) is 0 Å². The first kappa shape index (κ1) is 29.2. The molecule has 4 aromatic carbocycles. The summed E-state index contributed by atoms with van der Waals surface area (Å²) >= 11 is 1.87. The minimum atomic E-state index is -2.82. The van der Waals surface area contributed by atoms with E-state index in [2.05, 4.69) is 166 Å². The monoisotopic (exact) mass is 564 g/mol. The smallest absolute Gasteiger partial charge is 0.288 e. The molecule has 0 aliphatic rings. The summed E-state index contributed by atoms with van der Waals surface area (Å²) in [4.78, 5) is 1.26. The largest absolute Gasteiger partial charge is 0.401 e. The summed E-state index contributed by atoms with van der Waals surface area (Å²) in [5, 5.41) is 3.97. The molecule has 0 aliphatic heterocycles. The summed E-state index contributed by atoms with van der Waals surface area (Å²) in [6, 6.07) is 43.3. The van der Waals surface area contributed by atoms with Gasteiger partial charge in [-0.2, -0.15) is 0 Å². The fraction of sp³-hybridized carbons (Fsp3) is 0.257. The van der Waals surface area contributed by atoms with E-state index in [0.29, 0.717) is 5.92 Å². The first-order valence-corrected chi connectivity index (χ1v) is 20.2. The standard InChI is InChI=1S/C35H40OSSi2/c1-29(2)35(28-31(26-27-38(3,4)5)37-30-18-10-6-11-19-30)36-39(32-20-12-7-13-21-32,33-22-14-8-15-23-33)34-24-16-9-17-25-34/h6-25,29,31,35H,28H2,1-5H3/t31-,35-/m0/s1. The van der Waals surface area contributed by atoms with E-state index in [0.717, 1.165) is 6.42 Å². The van der Waals surface area contributed by atoms with E-state index >= 15 is 0 Å². The van der Waals surface area contributed by atoms with Gasteiger partial charge in [0, 0.05) is 4.90 Å². The van der Waals surface area contributed by atoms with Crippen LogP contribution in [0.1, 0.15) is 20.3 Å². The zero-order valence-electron chi connectivity index (χ0n) is 23.8. The van der Waals surface area contributed by atoms with E-state index in [1.807, 2.05) is 11.8 Å². The summed E-state index contributed by atoms with van der Waals surface area (Å²) in [6.07, 6.45) is 0.908. The summed E-state index contributed by atoms with van der Waals surface area (Å²) in [7, 11) is -4.34. The van der Waals surface area contributed by atoms with E-state index < -0.39 is 16.4 Å². The van der Waals surface area contributed by atoms with E-state index in [-0.39, 0.29) is 11.4 Å². The van der Waals surface area contributed by atoms with Crippen molar-refractivity contribution >= 4 is 43.7 Å². The Morgan fingerprint density at radius 2 is 1.05 bits per heavy atom. The highest BCUT2D eigenvalue weighted by atomic mass is 32.2. The highest BCUT2D eigenvalue weighted by Gasteiger charge is 2.44. The molecule has 0 spiro atoms. The van der Waals surface area contributed by atoms with Gasteiger partial charge in [0.15, 0.2) is 0 Å². The van der Waals surface area contributed by atoms with Crippen LogP contribution in [0, 0.1) is 17.4 Å². The molecule has 200 valence electrons. The number of hydrogen-bond acceptors (Lipinski definition) is 2. The first-order chi connectivity index (χ1) is 18.8. The van der Waals surface area contributed by atoms with Crippen molar-refractivity contribution in [3.8, 4) is 11.5 Å². The van der Waals surface area contributed by atoms with Gasteiger partial charge in [0.05, 0.1) is 11.4 Å². The molecule has 0 N–H and O–H groups in total. The quantitative estimate of drug-likeness (QED) is 0.0877. The Bertz CT molecular complexity index is 1240. The number of thioether (sulfide) groups is 1. The Balaban J connectivity index is 1.81. The van der Waals surface area contributed by atoms with Crippen molar-refractivity contribution in [2.24, 2.45) is 5.92 Å². The zero-order valence-corrected chi connectivity index (χ0v) is 26.6. The summed E-state index contributed by atoms with van der Waals surface area (Å²) < 4.78 is 7.63. The van der Waals surface area contributed by atoms with Crippen molar-refractivity contribution < 1.29 is 4.43 Å². The van der Waals surface area contributed by atoms with Crippen LogP contribution in [-0.4, -0.2) is 27.7 Å². The van der Waals surface area contributed by atoms with Crippen LogP contribution in [0.5, 0.6) is 0 Å². The molecule has 0 amide bonds. The molecule has 4 rings (SSSR count). The molecule has 1 nitrogen and oxygen atoms in total. The van der Waals surface area contributed by atoms with Gasteiger partial charge >= 0.3 is 0 Å². The van der Waals surface area contributed by atoms with Crippen molar-refractivity contribution in [1.82, 2.24) is 0 Å². The minimum absolute atomic E-state index is 0.0365. The van der Waals surface area contributed by atoms with Crippen LogP contribution in [0.25, 0.3) is 0 Å². The van der Waals surface area contributed by atoms with Gasteiger partial charge in [-0.3, -0.25) is 0 Å². The minimum Gasteiger partial charge on any atom is -0.401 e. The lowest BCUT2D eigenvalue weighted by atomic mass is 10.0. The predicted octanol–water partition coefficient (Wildman–Crippen LogP) is 7.13. The van der Waals surface area contributed by atoms with E-state index in [9.17, 15) is 0 Å². The first-order valence-electron chi connectivity index (χ1n) is 13.9. The summed E-state index contributed by atoms with van der Waals surface area (Å²) in [6.45, 7) is 11.5. The number of rotatable bonds is 10. The molecule has 4 aromatic rings. The van der Waals surface area contributed by atoms with Gasteiger partial charge in [-0.1, -0.05) is 149 Å². The maximum absolute atomic E-state index is 7.63. The van der Waals surface area contributed by atoms with Crippen LogP contribution < -0.4 is 15.6 Å². The molecule has 0 aliphatic carbocycles. The lowest BCUT2D eigenvalue weighted by Crippen LogP contribution is -2.70. The Morgan fingerprint density at radius 1 is 0.641 bits per heavy atom. The Morgan fingerprint density at radius 3 is 1.44 bits per heavy atom. The van der Waals surface area contributed by atoms with Crippen molar-refractivity contribution in [2.45, 2.75) is 56.2 Å². The van der Waals surface area contributed by atoms with Crippen LogP contribution >= 0.6 is 11.8 Å². The highest BCUT2D eigenvalue weighted by Crippen LogP contribution is 2.30. The van der Waals surface area contributed by atoms with Crippen molar-refractivity contribution in [3.63, 3.8) is 0 Å². The molecular weight excluding hydrogens is 525 g/mol. The van der Waals surface area contributed by atoms with E-state index in [4.69, 9.17) is 4.43 Å². The fourth-order valence-electron chi connectivity index (χ4n) is 4.71. The summed E-state index contributed by atoms with van der Waals surface area (Å²) in [5.41, 5.74) is 3.67. The van der Waals surface area contributed by atoms with E-state index in [1.54, 1.807) is 0 Å². The van der Waals surface area contributed by atoms with Crippen molar-refractivity contribution in [3.05, 3.63) is 121 Å². The lowest BCUT2D eigenvalue weighted by molar-refractivity contribution is 0.144. The average Bonchev–Trinajstić information content (AvgIpc) is 2.95. The Labute approximate surface area is 242 Å². The lowest BCUT2D eigenvalue weighted by Gasteiger charge is -2.38. The van der Waals surface area contributed by atoms with Crippen molar-refractivity contribution in [1.29, 1.82) is 0 Å². The zero-order chi connectivity index (χ0) is 27.7. The van der Waals surface area contributed by atoms with Crippen LogP contribution in [0.15, 0.2) is 126 Å². The second-order valence-corrected chi connectivity index (χ2v) is 20.7. The molecule has 0 saturated carbocycles. The van der Waals surface area contributed by atoms with Crippen LogP contribution in [0.2, 0.25) is 19.6 Å². The summed E-state index contributed by atoms with van der Waals surface area (Å²) in [5.74, 6) is 4.04. The molecule has 0 unspecified atom stereocenters. The Kier molecular flexibility index (Phi) is 10.1. The highest BCUT2D eigenvalue weighted by molar-refractivity contribution is 8.00. The van der Waals surface area contributed by atoms with Gasteiger partial charge in [-0.15, -0.1) is 17.3 Å². The van der Waals surface area contributed by atoms with E-state index in [1.165, 1.54) is 20.5 Å². The second kappa shape index (κ2) is 13.5. The molecule has 0 bridgehead atoms. The maximum atomic E-state index is 7.63. The molecule has 39 heavy (non-hydrogen) atoms. The molecule has 0 saturated heterocycles. The molecular formula is C35H40OSSi2. The average molecular weight is 565 g/mol. The van der Waals surface area contributed by atoms with Crippen LogP contribution in [0.3, 0.4) is 0 Å². The SMILES string of the molecule is CC(C)[C@H](C[C@H](C#C[Si](C)(C)C)Sc1ccccc1)O[Si](c1ccccc1)(c1ccccc1)c1ccccc1. The van der Waals surface area contributed by atoms with Gasteiger partial charge < -0.3 is 4.43 Å². The normalized spacial score (nSPS) is 13.4. The second-order valence-electron chi connectivity index (χ2n) is 11.4. The molecule has 2 atom stereocenters. The number of benzene rings is 4. The van der Waals surface area contributed by atoms with Gasteiger partial charge in [0.2, 0.25) is 0 Å². The predicted molar refractivity (Wildman–Crippen MR) is 176 cm³/mol. The third-order valence-electron chi connectivity index (χ3n) is 6.69. The third-order valence-corrected chi connectivity index (χ3v) is 12.8. The van der Waals surface area contributed by atoms with Crippen LogP contribution in [-0.2, 0) is 4.43 Å². The number of hydrogen-bond donors (Lipinski definition) is 0. The molecule has 0 fully saturated rings. The van der Waals surface area contributed by atoms with Crippen molar-refractivity contribution in [2.75, 3.05) is 0 Å². The maximum Gasteiger partial charge on any atom is 0.288 e. The molecule has 4 heteroatoms. The topological polar surface area (TPSA) is 9.23 Å². The third kappa shape index (κ3) is 7.87. The molecule has 0 heterocycles. The van der Waals surface area contributed by atoms with Gasteiger partial charge in [0.25, 0.3) is 8.32 Å². The van der Waals surface area contributed by atoms with Gasteiger partial charge in [-0.05, 0) is 40.0 Å². The fourth-order valence-corrected chi connectivity index (χ4v) is 10.7. The molecule has 0 radical (unpaired) electrons. The van der Waals surface area contributed by atoms with Gasteiger partial charge in [-0.25, -0.2) is 0 Å². The van der Waals surface area contributed by atoms with Gasteiger partial charge in [0.1, 0.15) is 8.07 Å². The Hall–Kier alpha value is -2.82.